The van der Waals surface area contributed by atoms with Gasteiger partial charge in [0.15, 0.2) is 0 Å². The Bertz CT molecular complexity index is 356. The van der Waals surface area contributed by atoms with Gasteiger partial charge in [-0.25, -0.2) is 4.79 Å². The molecule has 0 bridgehead atoms. The van der Waals surface area contributed by atoms with Crippen molar-refractivity contribution < 1.29 is 9.53 Å². The van der Waals surface area contributed by atoms with Gasteiger partial charge >= 0.3 is 6.09 Å². The molecule has 86 valence electrons. The second-order valence-electron chi connectivity index (χ2n) is 3.81. The molecule has 2 heterocycles. The lowest BCUT2D eigenvalue weighted by Gasteiger charge is -2.31. The van der Waals surface area contributed by atoms with Gasteiger partial charge in [0.05, 0.1) is 0 Å². The van der Waals surface area contributed by atoms with Crippen molar-refractivity contribution in [1.82, 2.24) is 9.88 Å². The van der Waals surface area contributed by atoms with Gasteiger partial charge in [0.1, 0.15) is 6.10 Å². The van der Waals surface area contributed by atoms with Crippen LogP contribution in [-0.2, 0) is 11.3 Å². The number of carbonyl (C=O) groups excluding carboxylic acids is 1. The molecule has 0 spiro atoms. The molecule has 1 aromatic heterocycles. The Labute approximate surface area is 94.2 Å². The molecule has 1 atom stereocenters. The van der Waals surface area contributed by atoms with Gasteiger partial charge < -0.3 is 15.4 Å². The van der Waals surface area contributed by atoms with E-state index >= 15 is 0 Å². The molecule has 2 N–H and O–H groups in total. The van der Waals surface area contributed by atoms with Crippen LogP contribution in [0.3, 0.4) is 0 Å². The standard InChI is InChI=1S/C11H15N3O2/c12-7-10-3-6-14(11(15)16-10)8-9-1-4-13-5-2-9/h1-2,4-5,10H,3,6-8,12H2. The summed E-state index contributed by atoms with van der Waals surface area (Å²) in [5.41, 5.74) is 6.51. The van der Waals surface area contributed by atoms with Gasteiger partial charge in [0.25, 0.3) is 0 Å². The molecule has 1 aliphatic heterocycles. The summed E-state index contributed by atoms with van der Waals surface area (Å²) in [7, 11) is 0. The quantitative estimate of drug-likeness (QED) is 0.817. The van der Waals surface area contributed by atoms with Crippen LogP contribution in [0.5, 0.6) is 0 Å². The van der Waals surface area contributed by atoms with Crippen LogP contribution in [0.1, 0.15) is 12.0 Å². The van der Waals surface area contributed by atoms with E-state index in [0.717, 1.165) is 12.0 Å². The lowest BCUT2D eigenvalue weighted by molar-refractivity contribution is 0.0265. The SMILES string of the molecule is NCC1CCN(Cc2ccncc2)C(=O)O1. The van der Waals surface area contributed by atoms with Crippen molar-refractivity contribution in [3.63, 3.8) is 0 Å². The molecule has 5 heteroatoms. The maximum atomic E-state index is 11.6. The van der Waals surface area contributed by atoms with E-state index in [0.29, 0.717) is 19.6 Å². The third-order valence-corrected chi connectivity index (χ3v) is 2.63. The first kappa shape index (κ1) is 10.9. The molecule has 1 aromatic rings. The summed E-state index contributed by atoms with van der Waals surface area (Å²) in [6.07, 6.45) is 3.83. The van der Waals surface area contributed by atoms with Gasteiger partial charge in [-0.15, -0.1) is 0 Å². The zero-order valence-corrected chi connectivity index (χ0v) is 9.00. The van der Waals surface area contributed by atoms with Crippen molar-refractivity contribution in [2.45, 2.75) is 19.1 Å². The molecule has 1 unspecified atom stereocenters. The fourth-order valence-corrected chi connectivity index (χ4v) is 1.69. The highest BCUT2D eigenvalue weighted by Gasteiger charge is 2.25. The molecule has 5 nitrogen and oxygen atoms in total. The normalized spacial score (nSPS) is 20.7. The minimum Gasteiger partial charge on any atom is -0.445 e. The number of pyridine rings is 1. The van der Waals surface area contributed by atoms with Gasteiger partial charge in [0, 0.05) is 38.4 Å². The molecule has 0 aliphatic carbocycles. The highest BCUT2D eigenvalue weighted by Crippen LogP contribution is 2.14. The Balaban J connectivity index is 1.94. The average molecular weight is 221 g/mol. The lowest BCUT2D eigenvalue weighted by atomic mass is 10.2. The summed E-state index contributed by atoms with van der Waals surface area (Å²) < 4.78 is 5.17. The average Bonchev–Trinajstić information content (AvgIpc) is 2.33. The first-order valence-electron chi connectivity index (χ1n) is 5.34. The number of nitrogens with zero attached hydrogens (tertiary/aromatic N) is 2. The van der Waals surface area contributed by atoms with Crippen LogP contribution in [-0.4, -0.2) is 35.2 Å². The first-order chi connectivity index (χ1) is 7.79. The Morgan fingerprint density at radius 1 is 1.50 bits per heavy atom. The minimum absolute atomic E-state index is 0.124. The molecule has 0 saturated carbocycles. The third-order valence-electron chi connectivity index (χ3n) is 2.63. The van der Waals surface area contributed by atoms with E-state index in [4.69, 9.17) is 10.5 Å². The monoisotopic (exact) mass is 221 g/mol. The summed E-state index contributed by atoms with van der Waals surface area (Å²) in [5.74, 6) is 0. The Morgan fingerprint density at radius 2 is 2.25 bits per heavy atom. The summed E-state index contributed by atoms with van der Waals surface area (Å²) in [4.78, 5) is 17.2. The highest BCUT2D eigenvalue weighted by atomic mass is 16.6. The van der Waals surface area contributed by atoms with Gasteiger partial charge in [0.2, 0.25) is 0 Å². The van der Waals surface area contributed by atoms with E-state index in [-0.39, 0.29) is 12.2 Å². The van der Waals surface area contributed by atoms with Crippen LogP contribution in [0.15, 0.2) is 24.5 Å². The van der Waals surface area contributed by atoms with Crippen LogP contribution >= 0.6 is 0 Å². The number of aromatic nitrogens is 1. The maximum Gasteiger partial charge on any atom is 0.410 e. The topological polar surface area (TPSA) is 68.5 Å². The number of rotatable bonds is 3. The Kier molecular flexibility index (Phi) is 3.36. The van der Waals surface area contributed by atoms with Crippen LogP contribution in [0.4, 0.5) is 4.79 Å². The van der Waals surface area contributed by atoms with Gasteiger partial charge in [-0.05, 0) is 17.7 Å². The molecule has 1 saturated heterocycles. The summed E-state index contributed by atoms with van der Waals surface area (Å²) >= 11 is 0. The van der Waals surface area contributed by atoms with Crippen LogP contribution in [0.25, 0.3) is 0 Å². The lowest BCUT2D eigenvalue weighted by Crippen LogP contribution is -2.43. The second kappa shape index (κ2) is 4.94. The molecule has 16 heavy (non-hydrogen) atoms. The number of ether oxygens (including phenoxy) is 1. The Morgan fingerprint density at radius 3 is 2.88 bits per heavy atom. The molecule has 1 aliphatic rings. The zero-order chi connectivity index (χ0) is 11.4. The van der Waals surface area contributed by atoms with Crippen molar-refractivity contribution in [1.29, 1.82) is 0 Å². The molecule has 1 amide bonds. The predicted octanol–water partition coefficient (Wildman–Crippen LogP) is 0.751. The van der Waals surface area contributed by atoms with Gasteiger partial charge in [-0.2, -0.15) is 0 Å². The van der Waals surface area contributed by atoms with E-state index in [1.54, 1.807) is 17.3 Å². The summed E-state index contributed by atoms with van der Waals surface area (Å²) in [6.45, 7) is 1.66. The summed E-state index contributed by atoms with van der Waals surface area (Å²) in [6, 6.07) is 3.78. The van der Waals surface area contributed by atoms with E-state index in [1.807, 2.05) is 12.1 Å². The fraction of sp³-hybridized carbons (Fsp3) is 0.455. The molecule has 1 fully saturated rings. The smallest absolute Gasteiger partial charge is 0.410 e. The highest BCUT2D eigenvalue weighted by molar-refractivity contribution is 5.68. The number of cyclic esters (lactones) is 1. The van der Waals surface area contributed by atoms with E-state index in [9.17, 15) is 4.79 Å². The predicted molar refractivity (Wildman–Crippen MR) is 58.6 cm³/mol. The largest absolute Gasteiger partial charge is 0.445 e. The minimum atomic E-state index is -0.279. The maximum absolute atomic E-state index is 11.6. The van der Waals surface area contributed by atoms with Gasteiger partial charge in [-0.1, -0.05) is 0 Å². The second-order valence-corrected chi connectivity index (χ2v) is 3.81. The van der Waals surface area contributed by atoms with E-state index in [2.05, 4.69) is 4.98 Å². The number of hydrogen-bond acceptors (Lipinski definition) is 4. The fourth-order valence-electron chi connectivity index (χ4n) is 1.69. The van der Waals surface area contributed by atoms with Crippen LogP contribution < -0.4 is 5.73 Å². The zero-order valence-electron chi connectivity index (χ0n) is 9.00. The van der Waals surface area contributed by atoms with Crippen molar-refractivity contribution in [2.75, 3.05) is 13.1 Å². The van der Waals surface area contributed by atoms with Crippen molar-refractivity contribution >= 4 is 6.09 Å². The van der Waals surface area contributed by atoms with Crippen molar-refractivity contribution in [3.8, 4) is 0 Å². The molecule has 0 aromatic carbocycles. The van der Waals surface area contributed by atoms with E-state index in [1.165, 1.54) is 0 Å². The molecule has 0 radical (unpaired) electrons. The van der Waals surface area contributed by atoms with E-state index < -0.39 is 0 Å². The molecular weight excluding hydrogens is 206 g/mol. The number of carbonyl (C=O) groups is 1. The number of nitrogens with two attached hydrogens (primary N) is 1. The van der Waals surface area contributed by atoms with Crippen molar-refractivity contribution in [3.05, 3.63) is 30.1 Å². The first-order valence-corrected chi connectivity index (χ1v) is 5.34. The van der Waals surface area contributed by atoms with Crippen molar-refractivity contribution in [2.24, 2.45) is 5.73 Å². The van der Waals surface area contributed by atoms with Crippen LogP contribution in [0.2, 0.25) is 0 Å². The summed E-state index contributed by atoms with van der Waals surface area (Å²) in [5, 5.41) is 0. The Hall–Kier alpha value is -1.62. The molecule has 2 rings (SSSR count). The molecular formula is C11H15N3O2. The van der Waals surface area contributed by atoms with Gasteiger partial charge in [-0.3, -0.25) is 4.98 Å². The number of hydrogen-bond donors (Lipinski definition) is 1. The number of amides is 1. The third kappa shape index (κ3) is 2.49. The van der Waals surface area contributed by atoms with Crippen LogP contribution in [0, 0.1) is 0 Å².